The van der Waals surface area contributed by atoms with E-state index >= 15 is 0 Å². The number of aromatic nitrogens is 5. The highest BCUT2D eigenvalue weighted by Gasteiger charge is 2.42. The van der Waals surface area contributed by atoms with E-state index in [9.17, 15) is 13.6 Å². The van der Waals surface area contributed by atoms with Crippen LogP contribution in [0.4, 0.5) is 8.78 Å². The Bertz CT molecular complexity index is 1160. The first-order valence-electron chi connectivity index (χ1n) is 9.47. The van der Waals surface area contributed by atoms with Crippen LogP contribution in [-0.4, -0.2) is 49.7 Å². The summed E-state index contributed by atoms with van der Waals surface area (Å²) >= 11 is 6.03. The second-order valence-electron chi connectivity index (χ2n) is 7.68. The van der Waals surface area contributed by atoms with E-state index in [0.717, 1.165) is 6.07 Å². The molecule has 31 heavy (non-hydrogen) atoms. The fraction of sp³-hybridized carbons (Fsp3) is 0.350. The largest absolute Gasteiger partial charge is 0.376 e. The molecule has 3 aromatic rings. The summed E-state index contributed by atoms with van der Waals surface area (Å²) in [5, 5.41) is 11.7. The molecule has 1 aliphatic rings. The number of ether oxygens (including phenoxy) is 1. The number of pyridine rings is 1. The predicted octanol–water partition coefficient (Wildman–Crippen LogP) is 2.66. The smallest absolute Gasteiger partial charge is 0.208 e. The Morgan fingerprint density at radius 3 is 2.65 bits per heavy atom. The summed E-state index contributed by atoms with van der Waals surface area (Å²) in [4.78, 5) is 17.8. The van der Waals surface area contributed by atoms with Gasteiger partial charge in [0.05, 0.1) is 31.5 Å². The number of tetrazole rings is 1. The molecular formula is C20H19ClF2N6O2. The maximum absolute atomic E-state index is 15.0. The molecule has 0 saturated carbocycles. The number of ketones is 1. The van der Waals surface area contributed by atoms with Gasteiger partial charge < -0.3 is 10.5 Å². The summed E-state index contributed by atoms with van der Waals surface area (Å²) in [5.74, 6) is -1.97. The minimum atomic E-state index is -1.01. The van der Waals surface area contributed by atoms with Gasteiger partial charge in [-0.2, -0.15) is 4.80 Å². The van der Waals surface area contributed by atoms with Gasteiger partial charge in [0.15, 0.2) is 5.78 Å². The highest BCUT2D eigenvalue weighted by Crippen LogP contribution is 2.36. The van der Waals surface area contributed by atoms with E-state index in [0.29, 0.717) is 0 Å². The molecule has 162 valence electrons. The van der Waals surface area contributed by atoms with Crippen LogP contribution in [0.25, 0.3) is 22.5 Å². The van der Waals surface area contributed by atoms with Crippen LogP contribution in [0.2, 0.25) is 5.02 Å². The Kier molecular flexibility index (Phi) is 5.54. The van der Waals surface area contributed by atoms with E-state index in [4.69, 9.17) is 22.1 Å². The van der Waals surface area contributed by atoms with Crippen LogP contribution in [0, 0.1) is 11.6 Å². The van der Waals surface area contributed by atoms with E-state index in [1.165, 1.54) is 23.1 Å². The van der Waals surface area contributed by atoms with Crippen LogP contribution in [0.15, 0.2) is 24.4 Å². The molecule has 0 aliphatic carbocycles. The van der Waals surface area contributed by atoms with Crippen molar-refractivity contribution in [2.45, 2.75) is 24.8 Å². The normalized spacial score (nSPS) is 16.1. The minimum absolute atomic E-state index is 0.0314. The molecule has 1 atom stereocenters. The summed E-state index contributed by atoms with van der Waals surface area (Å²) in [6.45, 7) is 2.01. The maximum Gasteiger partial charge on any atom is 0.208 e. The van der Waals surface area contributed by atoms with Gasteiger partial charge >= 0.3 is 0 Å². The van der Waals surface area contributed by atoms with Crippen molar-refractivity contribution in [1.82, 2.24) is 25.2 Å². The molecule has 2 aromatic heterocycles. The van der Waals surface area contributed by atoms with Crippen LogP contribution in [0.5, 0.6) is 0 Å². The number of hydrogen-bond acceptors (Lipinski definition) is 7. The lowest BCUT2D eigenvalue weighted by Gasteiger charge is -2.36. The summed E-state index contributed by atoms with van der Waals surface area (Å²) in [6.07, 6.45) is 1.43. The Balaban J connectivity index is 1.68. The summed E-state index contributed by atoms with van der Waals surface area (Å²) in [6, 6.07) is 3.82. The van der Waals surface area contributed by atoms with Gasteiger partial charge in [0, 0.05) is 29.1 Å². The molecule has 1 aliphatic heterocycles. The third-order valence-electron chi connectivity index (χ3n) is 5.20. The highest BCUT2D eigenvalue weighted by atomic mass is 35.5. The number of nitrogens with two attached hydrogens (primary N) is 1. The quantitative estimate of drug-likeness (QED) is 0.617. The number of aryl methyl sites for hydroxylation is 1. The lowest BCUT2D eigenvalue weighted by Crippen LogP contribution is -2.63. The van der Waals surface area contributed by atoms with Crippen molar-refractivity contribution in [3.8, 4) is 22.5 Å². The SMILES string of the molecule is C[C@@H](CC(=O)C1(N)COC1)c1ncc(-c2cc(Cl)cc(F)c2-c2nnn(C)n2)cc1F. The second-order valence-corrected chi connectivity index (χ2v) is 8.12. The summed E-state index contributed by atoms with van der Waals surface area (Å²) in [5.41, 5.74) is 5.65. The van der Waals surface area contributed by atoms with Gasteiger partial charge in [0.25, 0.3) is 0 Å². The van der Waals surface area contributed by atoms with Crippen LogP contribution in [0.1, 0.15) is 25.0 Å². The third kappa shape index (κ3) is 4.06. The van der Waals surface area contributed by atoms with E-state index in [1.807, 2.05) is 0 Å². The molecular weight excluding hydrogens is 430 g/mol. The Morgan fingerprint density at radius 2 is 2.06 bits per heavy atom. The molecule has 0 unspecified atom stereocenters. The van der Waals surface area contributed by atoms with Crippen LogP contribution >= 0.6 is 11.6 Å². The van der Waals surface area contributed by atoms with Gasteiger partial charge in [-0.15, -0.1) is 10.2 Å². The zero-order chi connectivity index (χ0) is 22.3. The maximum atomic E-state index is 15.0. The number of hydrogen-bond donors (Lipinski definition) is 1. The number of nitrogens with zero attached hydrogens (tertiary/aromatic N) is 5. The number of carbonyl (C=O) groups is 1. The molecule has 1 fully saturated rings. The number of halogens is 3. The molecule has 2 N–H and O–H groups in total. The van der Waals surface area contributed by atoms with Crippen molar-refractivity contribution in [2.24, 2.45) is 12.8 Å². The van der Waals surface area contributed by atoms with E-state index in [2.05, 4.69) is 20.4 Å². The lowest BCUT2D eigenvalue weighted by atomic mass is 9.86. The van der Waals surface area contributed by atoms with Crippen molar-refractivity contribution < 1.29 is 18.3 Å². The van der Waals surface area contributed by atoms with Crippen LogP contribution < -0.4 is 5.73 Å². The van der Waals surface area contributed by atoms with Crippen molar-refractivity contribution in [3.63, 3.8) is 0 Å². The second kappa shape index (κ2) is 8.03. The molecule has 8 nitrogen and oxygen atoms in total. The monoisotopic (exact) mass is 448 g/mol. The molecule has 0 bridgehead atoms. The zero-order valence-corrected chi connectivity index (χ0v) is 17.5. The topological polar surface area (TPSA) is 109 Å². The zero-order valence-electron chi connectivity index (χ0n) is 16.8. The van der Waals surface area contributed by atoms with Crippen LogP contribution in [0.3, 0.4) is 0 Å². The fourth-order valence-electron chi connectivity index (χ4n) is 3.43. The Labute approximate surface area is 181 Å². The molecule has 3 heterocycles. The molecule has 11 heteroatoms. The molecule has 1 saturated heterocycles. The van der Waals surface area contributed by atoms with Crippen molar-refractivity contribution in [3.05, 3.63) is 46.7 Å². The molecule has 0 radical (unpaired) electrons. The first kappa shape index (κ1) is 21.4. The Hall–Kier alpha value is -2.82. The van der Waals surface area contributed by atoms with Gasteiger partial charge in [-0.1, -0.05) is 18.5 Å². The van der Waals surface area contributed by atoms with Gasteiger partial charge in [-0.3, -0.25) is 9.78 Å². The first-order chi connectivity index (χ1) is 14.7. The van der Waals surface area contributed by atoms with Gasteiger partial charge in [0.1, 0.15) is 17.2 Å². The number of rotatable bonds is 6. The highest BCUT2D eigenvalue weighted by molar-refractivity contribution is 6.31. The number of Topliss-reactive ketones (excluding diaryl/α,β-unsaturated/α-hetero) is 1. The fourth-order valence-corrected chi connectivity index (χ4v) is 3.64. The minimum Gasteiger partial charge on any atom is -0.376 e. The van der Waals surface area contributed by atoms with Crippen molar-refractivity contribution in [1.29, 1.82) is 0 Å². The van der Waals surface area contributed by atoms with Crippen molar-refractivity contribution in [2.75, 3.05) is 13.2 Å². The summed E-state index contributed by atoms with van der Waals surface area (Å²) in [7, 11) is 1.55. The van der Waals surface area contributed by atoms with Gasteiger partial charge in [-0.25, -0.2) is 8.78 Å². The number of carbonyl (C=O) groups excluding carboxylic acids is 1. The standard InChI is InChI=1S/C20H19ClF2N6O2/c1-10(3-16(30)20(24)8-31-9-20)18-15(23)4-11(7-25-18)13-5-12(21)6-14(22)17(13)19-26-28-29(2)27-19/h4-7,10H,3,8-9,24H2,1-2H3/t10-/m0/s1. The van der Waals surface area contributed by atoms with Gasteiger partial charge in [-0.05, 0) is 29.0 Å². The molecule has 0 spiro atoms. The first-order valence-corrected chi connectivity index (χ1v) is 9.85. The molecule has 1 aromatic carbocycles. The van der Waals surface area contributed by atoms with E-state index in [-0.39, 0.29) is 58.6 Å². The van der Waals surface area contributed by atoms with Crippen LogP contribution in [-0.2, 0) is 16.6 Å². The lowest BCUT2D eigenvalue weighted by molar-refractivity contribution is -0.141. The summed E-state index contributed by atoms with van der Waals surface area (Å²) < 4.78 is 34.7. The molecule has 4 rings (SSSR count). The Morgan fingerprint density at radius 1 is 1.32 bits per heavy atom. The van der Waals surface area contributed by atoms with E-state index in [1.54, 1.807) is 14.0 Å². The average molecular weight is 449 g/mol. The van der Waals surface area contributed by atoms with E-state index < -0.39 is 23.1 Å². The number of benzene rings is 1. The predicted molar refractivity (Wildman–Crippen MR) is 108 cm³/mol. The third-order valence-corrected chi connectivity index (χ3v) is 5.42. The average Bonchev–Trinajstić information content (AvgIpc) is 3.10. The molecule has 0 amide bonds. The van der Waals surface area contributed by atoms with Gasteiger partial charge in [0.2, 0.25) is 5.82 Å². The van der Waals surface area contributed by atoms with Crippen molar-refractivity contribution >= 4 is 17.4 Å².